The highest BCUT2D eigenvalue weighted by Gasteiger charge is 2.13. The van der Waals surface area contributed by atoms with Crippen molar-refractivity contribution >= 4 is 46.6 Å². The number of benzene rings is 2. The van der Waals surface area contributed by atoms with E-state index in [2.05, 4.69) is 5.32 Å². The predicted molar refractivity (Wildman–Crippen MR) is 77.5 cm³/mol. The van der Waals surface area contributed by atoms with Crippen molar-refractivity contribution in [2.45, 2.75) is 0 Å². The van der Waals surface area contributed by atoms with Crippen LogP contribution in [0.25, 0.3) is 0 Å². The molecule has 2 aromatic carbocycles. The number of halogens is 4. The van der Waals surface area contributed by atoms with Gasteiger partial charge in [-0.2, -0.15) is 0 Å². The summed E-state index contributed by atoms with van der Waals surface area (Å²) in [5.41, 5.74) is 0.221. The van der Waals surface area contributed by atoms with Crippen molar-refractivity contribution in [3.05, 3.63) is 57.3 Å². The van der Waals surface area contributed by atoms with Crippen LogP contribution in [0.15, 0.2) is 36.4 Å². The Kier molecular flexibility index (Phi) is 4.70. The first-order valence-electron chi connectivity index (χ1n) is 5.35. The molecule has 0 saturated heterocycles. The normalized spacial score (nSPS) is 10.2. The number of carbonyl (C=O) groups is 1. The number of ether oxygens (including phenoxy) is 1. The van der Waals surface area contributed by atoms with Crippen LogP contribution in [0.4, 0.5) is 14.9 Å². The molecule has 0 bridgehead atoms. The SMILES string of the molecule is O=C(Nc1c(Cl)cccc1Cl)Oc1ccc(F)cc1Cl. The van der Waals surface area contributed by atoms with Gasteiger partial charge < -0.3 is 4.74 Å². The van der Waals surface area contributed by atoms with E-state index in [0.29, 0.717) is 0 Å². The first-order chi connectivity index (χ1) is 9.47. The maximum Gasteiger partial charge on any atom is 0.417 e. The number of amides is 1. The maximum absolute atomic E-state index is 12.9. The van der Waals surface area contributed by atoms with Crippen molar-refractivity contribution in [2.75, 3.05) is 5.32 Å². The van der Waals surface area contributed by atoms with Gasteiger partial charge in [0.1, 0.15) is 5.82 Å². The largest absolute Gasteiger partial charge is 0.417 e. The molecule has 0 fully saturated rings. The molecule has 0 saturated carbocycles. The Morgan fingerprint density at radius 1 is 1.05 bits per heavy atom. The topological polar surface area (TPSA) is 38.3 Å². The highest BCUT2D eigenvalue weighted by Crippen LogP contribution is 2.30. The summed E-state index contributed by atoms with van der Waals surface area (Å²) in [6, 6.07) is 8.16. The molecular formula is C13H7Cl3FNO2. The zero-order valence-corrected chi connectivity index (χ0v) is 12.1. The number of para-hydroxylation sites is 1. The van der Waals surface area contributed by atoms with Crippen molar-refractivity contribution in [1.29, 1.82) is 0 Å². The van der Waals surface area contributed by atoms with Crippen LogP contribution in [0.2, 0.25) is 15.1 Å². The van der Waals surface area contributed by atoms with Gasteiger partial charge in [0.25, 0.3) is 0 Å². The van der Waals surface area contributed by atoms with Crippen molar-refractivity contribution in [3.8, 4) is 5.75 Å². The molecule has 0 atom stereocenters. The van der Waals surface area contributed by atoms with Gasteiger partial charge in [-0.25, -0.2) is 9.18 Å². The first kappa shape index (κ1) is 14.9. The molecule has 0 aromatic heterocycles. The third kappa shape index (κ3) is 3.54. The van der Waals surface area contributed by atoms with E-state index >= 15 is 0 Å². The van der Waals surface area contributed by atoms with E-state index in [-0.39, 0.29) is 26.5 Å². The lowest BCUT2D eigenvalue weighted by molar-refractivity contribution is 0.215. The van der Waals surface area contributed by atoms with Crippen LogP contribution in [-0.2, 0) is 0 Å². The van der Waals surface area contributed by atoms with E-state index in [4.69, 9.17) is 39.5 Å². The highest BCUT2D eigenvalue weighted by atomic mass is 35.5. The number of nitrogens with one attached hydrogen (secondary N) is 1. The molecule has 0 aliphatic carbocycles. The lowest BCUT2D eigenvalue weighted by Crippen LogP contribution is -2.17. The minimum Gasteiger partial charge on any atom is -0.408 e. The summed E-state index contributed by atoms with van der Waals surface area (Å²) in [5.74, 6) is -0.509. The summed E-state index contributed by atoms with van der Waals surface area (Å²) < 4.78 is 17.8. The number of rotatable bonds is 2. The van der Waals surface area contributed by atoms with E-state index in [9.17, 15) is 9.18 Å². The summed E-state index contributed by atoms with van der Waals surface area (Å²) in [4.78, 5) is 11.7. The number of hydrogen-bond acceptors (Lipinski definition) is 2. The molecule has 104 valence electrons. The lowest BCUT2D eigenvalue weighted by atomic mass is 10.3. The fourth-order valence-electron chi connectivity index (χ4n) is 1.40. The van der Waals surface area contributed by atoms with Crippen LogP contribution >= 0.6 is 34.8 Å². The van der Waals surface area contributed by atoms with Crippen molar-refractivity contribution in [1.82, 2.24) is 0 Å². The Bertz CT molecular complexity index is 644. The van der Waals surface area contributed by atoms with E-state index in [1.165, 1.54) is 6.07 Å². The third-order valence-corrected chi connectivity index (χ3v) is 3.21. The van der Waals surface area contributed by atoms with Crippen molar-refractivity contribution in [2.24, 2.45) is 0 Å². The zero-order valence-electron chi connectivity index (χ0n) is 9.79. The van der Waals surface area contributed by atoms with Gasteiger partial charge in [0, 0.05) is 0 Å². The third-order valence-electron chi connectivity index (χ3n) is 2.29. The Labute approximate surface area is 129 Å². The molecule has 0 spiro atoms. The van der Waals surface area contributed by atoms with Gasteiger partial charge in [0.15, 0.2) is 5.75 Å². The van der Waals surface area contributed by atoms with E-state index in [1.807, 2.05) is 0 Å². The fraction of sp³-hybridized carbons (Fsp3) is 0. The molecule has 1 N–H and O–H groups in total. The average Bonchev–Trinajstić information content (AvgIpc) is 2.37. The molecule has 2 rings (SSSR count). The van der Waals surface area contributed by atoms with E-state index in [1.54, 1.807) is 18.2 Å². The van der Waals surface area contributed by atoms with Gasteiger partial charge in [0.05, 0.1) is 20.8 Å². The molecule has 0 aliphatic heterocycles. The molecule has 20 heavy (non-hydrogen) atoms. The maximum atomic E-state index is 12.9. The molecular weight excluding hydrogens is 328 g/mol. The van der Waals surface area contributed by atoms with Crippen LogP contribution in [0.5, 0.6) is 5.75 Å². The summed E-state index contributed by atoms with van der Waals surface area (Å²) in [5, 5.41) is 2.90. The number of anilines is 1. The Morgan fingerprint density at radius 3 is 2.30 bits per heavy atom. The summed E-state index contributed by atoms with van der Waals surface area (Å²) in [6.45, 7) is 0. The number of carbonyl (C=O) groups excluding carboxylic acids is 1. The van der Waals surface area contributed by atoms with Gasteiger partial charge in [-0.15, -0.1) is 0 Å². The molecule has 2 aromatic rings. The second kappa shape index (κ2) is 6.31. The fourth-order valence-corrected chi connectivity index (χ4v) is 2.10. The second-order valence-corrected chi connectivity index (χ2v) is 4.91. The summed E-state index contributed by atoms with van der Waals surface area (Å²) in [6.07, 6.45) is -0.839. The Balaban J connectivity index is 2.13. The second-order valence-electron chi connectivity index (χ2n) is 3.69. The minimum absolute atomic E-state index is 0.0220. The molecule has 0 heterocycles. The molecule has 1 amide bonds. The molecule has 0 radical (unpaired) electrons. The molecule has 3 nitrogen and oxygen atoms in total. The van der Waals surface area contributed by atoms with Crippen LogP contribution in [0.1, 0.15) is 0 Å². The highest BCUT2D eigenvalue weighted by molar-refractivity contribution is 6.39. The number of hydrogen-bond donors (Lipinski definition) is 1. The zero-order chi connectivity index (χ0) is 14.7. The predicted octanol–water partition coefficient (Wildman–Crippen LogP) is 5.40. The smallest absolute Gasteiger partial charge is 0.408 e. The van der Waals surface area contributed by atoms with Crippen molar-refractivity contribution in [3.63, 3.8) is 0 Å². The van der Waals surface area contributed by atoms with Gasteiger partial charge >= 0.3 is 6.09 Å². The van der Waals surface area contributed by atoms with Crippen LogP contribution in [-0.4, -0.2) is 6.09 Å². The van der Waals surface area contributed by atoms with Gasteiger partial charge in [-0.05, 0) is 30.3 Å². The monoisotopic (exact) mass is 333 g/mol. The Morgan fingerprint density at radius 2 is 1.70 bits per heavy atom. The minimum atomic E-state index is -0.839. The van der Waals surface area contributed by atoms with E-state index in [0.717, 1.165) is 12.1 Å². The Hall–Kier alpha value is -1.49. The molecule has 0 unspecified atom stereocenters. The summed E-state index contributed by atoms with van der Waals surface area (Å²) in [7, 11) is 0. The van der Waals surface area contributed by atoms with Crippen molar-refractivity contribution < 1.29 is 13.9 Å². The quantitative estimate of drug-likeness (QED) is 0.799. The summed E-state index contributed by atoms with van der Waals surface area (Å²) >= 11 is 17.5. The van der Waals surface area contributed by atoms with E-state index < -0.39 is 11.9 Å². The standard InChI is InChI=1S/C13H7Cl3FNO2/c14-8-2-1-3-9(15)12(8)18-13(19)20-11-5-4-7(17)6-10(11)16/h1-6H,(H,18,19). The van der Waals surface area contributed by atoms with Gasteiger partial charge in [-0.1, -0.05) is 40.9 Å². The van der Waals surface area contributed by atoms with Crippen LogP contribution < -0.4 is 10.1 Å². The van der Waals surface area contributed by atoms with Crippen LogP contribution in [0.3, 0.4) is 0 Å². The first-order valence-corrected chi connectivity index (χ1v) is 6.48. The van der Waals surface area contributed by atoms with Gasteiger partial charge in [-0.3, -0.25) is 5.32 Å². The average molecular weight is 335 g/mol. The molecule has 0 aliphatic rings. The van der Waals surface area contributed by atoms with Gasteiger partial charge in [0.2, 0.25) is 0 Å². The lowest BCUT2D eigenvalue weighted by Gasteiger charge is -2.10. The van der Waals surface area contributed by atoms with Crippen LogP contribution in [0, 0.1) is 5.82 Å². The molecule has 7 heteroatoms.